The third kappa shape index (κ3) is 2.75. The number of benzene rings is 1. The van der Waals surface area contributed by atoms with E-state index in [1.807, 2.05) is 33.0 Å². The van der Waals surface area contributed by atoms with E-state index in [-0.39, 0.29) is 0 Å². The van der Waals surface area contributed by atoms with Gasteiger partial charge in [-0.3, -0.25) is 4.98 Å². The largest absolute Gasteiger partial charge is 0.490 e. The molecule has 112 valence electrons. The summed E-state index contributed by atoms with van der Waals surface area (Å²) in [5.74, 6) is 2.18. The Labute approximate surface area is 125 Å². The van der Waals surface area contributed by atoms with Crippen LogP contribution in [0.25, 0.3) is 10.9 Å². The van der Waals surface area contributed by atoms with E-state index in [4.69, 9.17) is 14.5 Å². The highest BCUT2D eigenvalue weighted by atomic mass is 16.5. The number of nitrogens with one attached hydrogen (secondary N) is 1. The molecular weight excluding hydrogens is 264 g/mol. The minimum Gasteiger partial charge on any atom is -0.490 e. The Kier molecular flexibility index (Phi) is 3.86. The van der Waals surface area contributed by atoms with Crippen LogP contribution >= 0.6 is 0 Å². The van der Waals surface area contributed by atoms with Crippen molar-refractivity contribution in [1.29, 1.82) is 0 Å². The smallest absolute Gasteiger partial charge is 0.163 e. The summed E-state index contributed by atoms with van der Waals surface area (Å²) in [7, 11) is 1.95. The van der Waals surface area contributed by atoms with E-state index in [1.54, 1.807) is 0 Å². The fourth-order valence-corrected chi connectivity index (χ4v) is 2.59. The number of fused-ring (bicyclic) bond motifs is 1. The van der Waals surface area contributed by atoms with Gasteiger partial charge in [-0.2, -0.15) is 0 Å². The molecule has 1 N–H and O–H groups in total. The molecule has 0 radical (unpaired) electrons. The molecule has 21 heavy (non-hydrogen) atoms. The third-order valence-corrected chi connectivity index (χ3v) is 3.76. The van der Waals surface area contributed by atoms with Gasteiger partial charge in [0.1, 0.15) is 0 Å². The molecule has 1 aliphatic carbocycles. The summed E-state index contributed by atoms with van der Waals surface area (Å²) < 4.78 is 11.4. The normalized spacial score (nSPS) is 14.2. The Hall–Kier alpha value is -1.97. The first-order chi connectivity index (χ1) is 10.3. The second-order valence-electron chi connectivity index (χ2n) is 5.30. The molecule has 0 unspecified atom stereocenters. The van der Waals surface area contributed by atoms with Crippen molar-refractivity contribution in [3.8, 4) is 11.5 Å². The molecule has 1 aliphatic rings. The van der Waals surface area contributed by atoms with Crippen LogP contribution in [0.3, 0.4) is 0 Å². The molecule has 0 bridgehead atoms. The lowest BCUT2D eigenvalue weighted by atomic mass is 10.1. The van der Waals surface area contributed by atoms with Crippen LogP contribution in [0.15, 0.2) is 18.2 Å². The quantitative estimate of drug-likeness (QED) is 0.873. The summed E-state index contributed by atoms with van der Waals surface area (Å²) in [6, 6.07) is 6.19. The summed E-state index contributed by atoms with van der Waals surface area (Å²) in [5, 5.41) is 4.36. The summed E-state index contributed by atoms with van der Waals surface area (Å²) in [6.45, 7) is 5.20. The molecule has 3 rings (SSSR count). The summed E-state index contributed by atoms with van der Waals surface area (Å²) in [6.07, 6.45) is 2.49. The average Bonchev–Trinajstić information content (AvgIpc) is 3.32. The Morgan fingerprint density at radius 3 is 2.33 bits per heavy atom. The Bertz CT molecular complexity index is 651. The fourth-order valence-electron chi connectivity index (χ4n) is 2.59. The molecule has 1 saturated carbocycles. The van der Waals surface area contributed by atoms with Gasteiger partial charge >= 0.3 is 0 Å². The van der Waals surface area contributed by atoms with Gasteiger partial charge < -0.3 is 14.8 Å². The van der Waals surface area contributed by atoms with Crippen LogP contribution in [0.5, 0.6) is 11.5 Å². The first-order valence-electron chi connectivity index (χ1n) is 7.68. The minimum atomic E-state index is 0.618. The number of rotatable bonds is 6. The number of hydrogen-bond acceptors (Lipinski definition) is 4. The molecule has 0 aliphatic heterocycles. The molecule has 0 saturated heterocycles. The van der Waals surface area contributed by atoms with Crippen LogP contribution in [-0.4, -0.2) is 25.2 Å². The molecule has 1 fully saturated rings. The molecule has 4 nitrogen and oxygen atoms in total. The maximum absolute atomic E-state index is 5.71. The van der Waals surface area contributed by atoms with Crippen LogP contribution in [0, 0.1) is 0 Å². The van der Waals surface area contributed by atoms with Crippen LogP contribution in [0.1, 0.15) is 38.3 Å². The molecule has 4 heteroatoms. The van der Waals surface area contributed by atoms with Gasteiger partial charge in [0.05, 0.1) is 18.7 Å². The van der Waals surface area contributed by atoms with Crippen molar-refractivity contribution in [2.75, 3.05) is 25.6 Å². The maximum Gasteiger partial charge on any atom is 0.163 e. The minimum absolute atomic E-state index is 0.618. The SMILES string of the molecule is CCOc1cc2nc(C3CC3)cc(NC)c2cc1OCC. The monoisotopic (exact) mass is 286 g/mol. The second kappa shape index (κ2) is 5.80. The van der Waals surface area contributed by atoms with Crippen molar-refractivity contribution in [1.82, 2.24) is 4.98 Å². The Balaban J connectivity index is 2.16. The van der Waals surface area contributed by atoms with Crippen molar-refractivity contribution in [3.63, 3.8) is 0 Å². The third-order valence-electron chi connectivity index (χ3n) is 3.76. The molecule has 1 heterocycles. The van der Waals surface area contributed by atoms with E-state index >= 15 is 0 Å². The van der Waals surface area contributed by atoms with Crippen LogP contribution in [-0.2, 0) is 0 Å². The maximum atomic E-state index is 5.71. The van der Waals surface area contributed by atoms with E-state index in [2.05, 4.69) is 11.4 Å². The van der Waals surface area contributed by atoms with Crippen LogP contribution in [0.4, 0.5) is 5.69 Å². The molecular formula is C17H22N2O2. The predicted molar refractivity (Wildman–Crippen MR) is 85.6 cm³/mol. The van der Waals surface area contributed by atoms with E-state index in [9.17, 15) is 0 Å². The highest BCUT2D eigenvalue weighted by Crippen LogP contribution is 2.42. The van der Waals surface area contributed by atoms with E-state index in [1.165, 1.54) is 18.5 Å². The van der Waals surface area contributed by atoms with Crippen LogP contribution < -0.4 is 14.8 Å². The lowest BCUT2D eigenvalue weighted by Crippen LogP contribution is -2.01. The predicted octanol–water partition coefficient (Wildman–Crippen LogP) is 3.95. The summed E-state index contributed by atoms with van der Waals surface area (Å²) in [5.41, 5.74) is 3.25. The summed E-state index contributed by atoms with van der Waals surface area (Å²) >= 11 is 0. The first-order valence-corrected chi connectivity index (χ1v) is 7.68. The van der Waals surface area contributed by atoms with Crippen molar-refractivity contribution in [2.24, 2.45) is 0 Å². The lowest BCUT2D eigenvalue weighted by Gasteiger charge is -2.14. The highest BCUT2D eigenvalue weighted by Gasteiger charge is 2.26. The van der Waals surface area contributed by atoms with Gasteiger partial charge in [-0.1, -0.05) is 0 Å². The molecule has 1 aromatic carbocycles. The van der Waals surface area contributed by atoms with E-state index in [0.29, 0.717) is 19.1 Å². The molecule has 2 aromatic rings. The van der Waals surface area contributed by atoms with Crippen molar-refractivity contribution < 1.29 is 9.47 Å². The van der Waals surface area contributed by atoms with Gasteiger partial charge in [-0.25, -0.2) is 0 Å². The van der Waals surface area contributed by atoms with Crippen molar-refractivity contribution in [2.45, 2.75) is 32.6 Å². The van der Waals surface area contributed by atoms with E-state index in [0.717, 1.165) is 28.1 Å². The zero-order valence-corrected chi connectivity index (χ0v) is 12.9. The number of ether oxygens (including phenoxy) is 2. The van der Waals surface area contributed by atoms with Crippen molar-refractivity contribution in [3.05, 3.63) is 23.9 Å². The number of nitrogens with zero attached hydrogens (tertiary/aromatic N) is 1. The fraction of sp³-hybridized carbons (Fsp3) is 0.471. The van der Waals surface area contributed by atoms with Gasteiger partial charge in [0, 0.05) is 35.8 Å². The zero-order chi connectivity index (χ0) is 14.8. The van der Waals surface area contributed by atoms with Crippen molar-refractivity contribution >= 4 is 16.6 Å². The second-order valence-corrected chi connectivity index (χ2v) is 5.30. The average molecular weight is 286 g/mol. The topological polar surface area (TPSA) is 43.4 Å². The Morgan fingerprint density at radius 1 is 1.10 bits per heavy atom. The van der Waals surface area contributed by atoms with Crippen LogP contribution in [0.2, 0.25) is 0 Å². The highest BCUT2D eigenvalue weighted by molar-refractivity contribution is 5.94. The van der Waals surface area contributed by atoms with Gasteiger partial charge in [0.15, 0.2) is 11.5 Å². The number of aromatic nitrogens is 1. The first kappa shape index (κ1) is 14.0. The zero-order valence-electron chi connectivity index (χ0n) is 12.9. The van der Waals surface area contributed by atoms with E-state index < -0.39 is 0 Å². The van der Waals surface area contributed by atoms with Gasteiger partial charge in [0.2, 0.25) is 0 Å². The van der Waals surface area contributed by atoms with Gasteiger partial charge in [0.25, 0.3) is 0 Å². The lowest BCUT2D eigenvalue weighted by molar-refractivity contribution is 0.288. The van der Waals surface area contributed by atoms with Gasteiger partial charge in [-0.15, -0.1) is 0 Å². The molecule has 0 amide bonds. The number of pyridine rings is 1. The summed E-state index contributed by atoms with van der Waals surface area (Å²) in [4.78, 5) is 4.81. The Morgan fingerprint density at radius 2 is 1.76 bits per heavy atom. The van der Waals surface area contributed by atoms with Gasteiger partial charge in [-0.05, 0) is 38.8 Å². The molecule has 0 spiro atoms. The molecule has 0 atom stereocenters. The standard InChI is InChI=1S/C17H22N2O2/c1-4-20-16-8-12-14(18-3)9-13(11-6-7-11)19-15(12)10-17(16)21-5-2/h8-11H,4-7H2,1-3H3,(H,18,19). The number of anilines is 1. The number of hydrogen-bond donors (Lipinski definition) is 1. The molecule has 1 aromatic heterocycles.